The van der Waals surface area contributed by atoms with Crippen molar-refractivity contribution >= 4 is 52.6 Å². The fraction of sp³-hybridized carbons (Fsp3) is 0.643. The minimum Gasteiger partial charge on any atom is -0.394 e. The normalized spacial score (nSPS) is 28.3. The van der Waals surface area contributed by atoms with Crippen molar-refractivity contribution in [3.63, 3.8) is 0 Å². The third-order valence-corrected chi connectivity index (χ3v) is 8.05. The Morgan fingerprint density at radius 2 is 1.39 bits per heavy atom. The molecule has 11 atom stereocenters. The fourth-order valence-corrected chi connectivity index (χ4v) is 5.63. The van der Waals surface area contributed by atoms with Crippen molar-refractivity contribution in [3.05, 3.63) is 33.4 Å². The number of aliphatic hydroxyl groups is 8. The minimum absolute atomic E-state index is 0. The molecule has 7 unspecified atom stereocenters. The first-order valence-corrected chi connectivity index (χ1v) is 16.0. The molecule has 0 saturated carbocycles. The zero-order valence-corrected chi connectivity index (χ0v) is 32.9. The molecular weight excluding hydrogens is 982 g/mol. The smallest absolute Gasteiger partial charge is 0.285 e. The topological polar surface area (TPSA) is 333 Å². The van der Waals surface area contributed by atoms with Gasteiger partial charge in [0.05, 0.1) is 44.2 Å². The van der Waals surface area contributed by atoms with Crippen molar-refractivity contribution in [1.29, 1.82) is 0 Å². The van der Waals surface area contributed by atoms with Crippen molar-refractivity contribution in [2.45, 2.75) is 104 Å². The number of hydrogen-bond donors (Lipinski definition) is 11. The van der Waals surface area contributed by atoms with Crippen molar-refractivity contribution in [3.8, 4) is 0 Å². The molecule has 26 heteroatoms. The van der Waals surface area contributed by atoms with Crippen LogP contribution in [0.25, 0.3) is 22.3 Å². The summed E-state index contributed by atoms with van der Waals surface area (Å²) >= 11 is 0. The number of hydrogen-bond acceptors (Lipinski definition) is 19. The van der Waals surface area contributed by atoms with Crippen LogP contribution in [0.4, 0.5) is 11.9 Å². The average Bonchev–Trinajstić information content (AvgIpc) is 3.92. The van der Waals surface area contributed by atoms with E-state index in [2.05, 4.69) is 58.5 Å². The van der Waals surface area contributed by atoms with Crippen LogP contribution in [0.3, 0.4) is 0 Å². The molecule has 11 N–H and O–H groups in total. The maximum absolute atomic E-state index is 12.4. The summed E-state index contributed by atoms with van der Waals surface area (Å²) in [5.41, 5.74) is -0.407. The van der Waals surface area contributed by atoms with Gasteiger partial charge in [0, 0.05) is 44.0 Å². The van der Waals surface area contributed by atoms with E-state index in [4.69, 9.17) is 24.8 Å². The van der Waals surface area contributed by atoms with E-state index in [-0.39, 0.29) is 119 Å². The maximum atomic E-state index is 12.4. The first-order chi connectivity index (χ1) is 23.8. The second-order valence-electron chi connectivity index (χ2n) is 11.4. The number of aromatic nitrogens is 8. The van der Waals surface area contributed by atoms with Gasteiger partial charge in [0.25, 0.3) is 11.1 Å². The van der Waals surface area contributed by atoms with Crippen LogP contribution in [0.15, 0.2) is 26.8 Å². The number of ether oxygens (including phenoxy) is 2. The Hall–Kier alpha value is -2.52. The summed E-state index contributed by atoms with van der Waals surface area (Å²) in [7, 11) is 4.89. The summed E-state index contributed by atoms with van der Waals surface area (Å²) in [4.78, 5) is 42.8. The van der Waals surface area contributed by atoms with Gasteiger partial charge in [-0.15, -0.1) is 0 Å². The summed E-state index contributed by atoms with van der Waals surface area (Å²) in [6.45, 7) is 1.49. The molecule has 0 amide bonds. The van der Waals surface area contributed by atoms with Crippen molar-refractivity contribution in [2.24, 2.45) is 4.52 Å². The van der Waals surface area contributed by atoms with E-state index in [1.54, 1.807) is 0 Å². The van der Waals surface area contributed by atoms with Crippen LogP contribution in [0.5, 0.6) is 0 Å². The Labute approximate surface area is 336 Å². The second-order valence-corrected chi connectivity index (χ2v) is 12.4. The number of aliphatic hydroxyl groups excluding tert-OH is 8. The van der Waals surface area contributed by atoms with Crippen molar-refractivity contribution < 1.29 is 81.4 Å². The van der Waals surface area contributed by atoms with Gasteiger partial charge in [0.2, 0.25) is 11.9 Å². The third kappa shape index (κ3) is 9.88. The van der Waals surface area contributed by atoms with E-state index in [9.17, 15) is 35.1 Å². The van der Waals surface area contributed by atoms with Crippen LogP contribution in [0.1, 0.15) is 60.7 Å². The molecule has 0 spiro atoms. The van der Waals surface area contributed by atoms with E-state index in [0.717, 1.165) is 9.13 Å². The molecule has 8 heterocycles. The van der Waals surface area contributed by atoms with Gasteiger partial charge in [-0.05, 0) is 25.3 Å². The van der Waals surface area contributed by atoms with Crippen LogP contribution in [-0.4, -0.2) is 136 Å². The number of rotatable bonds is 3. The maximum Gasteiger partial charge on any atom is 0.285 e. The largest absolute Gasteiger partial charge is 0.394 e. The van der Waals surface area contributed by atoms with Gasteiger partial charge < -0.3 is 65.9 Å². The number of imidazole rings is 2. The first-order valence-electron chi connectivity index (χ1n) is 15.0. The zero-order valence-electron chi connectivity index (χ0n) is 26.6. The molecule has 0 radical (unpaired) electrons. The first kappa shape index (κ1) is 49.5. The van der Waals surface area contributed by atoms with Gasteiger partial charge in [-0.1, -0.05) is 22.3 Å². The summed E-state index contributed by atoms with van der Waals surface area (Å²) in [6.07, 6.45) is -4.66. The molecule has 4 aliphatic rings. The number of nitrogens with zero attached hydrogens (tertiary/aromatic N) is 8. The fourth-order valence-electron chi connectivity index (χ4n) is 5.63. The molecule has 4 aromatic heterocycles. The van der Waals surface area contributed by atoms with Gasteiger partial charge >= 0.3 is 0 Å². The quantitative estimate of drug-likeness (QED) is 0.102. The van der Waals surface area contributed by atoms with Crippen molar-refractivity contribution in [2.75, 3.05) is 23.8 Å². The van der Waals surface area contributed by atoms with Gasteiger partial charge in [-0.25, -0.2) is 19.1 Å². The van der Waals surface area contributed by atoms with E-state index in [1.165, 1.54) is 17.2 Å². The molecule has 0 aliphatic carbocycles. The molecule has 4 aliphatic heterocycles. The Balaban J connectivity index is 0.000000409. The predicted octanol–water partition coefficient (Wildman–Crippen LogP) is -1.65. The van der Waals surface area contributed by atoms with Gasteiger partial charge in [0.15, 0.2) is 47.2 Å². The minimum atomic E-state index is -1.44. The molecule has 302 valence electrons. The van der Waals surface area contributed by atoms with Crippen LogP contribution >= 0.6 is 18.4 Å². The molecule has 4 aromatic rings. The number of anilines is 2. The monoisotopic (exact) mass is 1030 g/mol. The summed E-state index contributed by atoms with van der Waals surface area (Å²) in [6, 6.07) is 0. The Morgan fingerprint density at radius 1 is 0.870 bits per heavy atom. The van der Waals surface area contributed by atoms with Crippen LogP contribution in [-0.2, 0) is 9.47 Å². The molecule has 23 nitrogen and oxygen atoms in total. The molecule has 0 aromatic carbocycles. The summed E-state index contributed by atoms with van der Waals surface area (Å²) < 4.78 is 17.3. The molecular formula is C28H49N11O12P2U. The van der Waals surface area contributed by atoms with E-state index in [1.807, 2.05) is 6.92 Å². The standard InChI is InChI=1S/C12H15N5O6.C7H7N5O3.C6H12O3.3CH4.H3NP2.U/c18-2-5-4(19)1-6(23-5)16-3-13-7-8(16)14-12-15-9(20)11(22)17(12)10(7)21;13-4-6(15)12-5(14)2-3(9-1-8-2)10-7(12)11-4;1-4-2-5(8)6(3-7)9-4;;;;2-1-3;/h3-6,9,11,18-20,22H,1-2H2,(H,14,15);1,4,6,13,15H,(H,8,9)(H,10,11);4-8H,2-3H2,1H3;3*1H4;2H,3H2;/t4?,5-,6-,9?,11?;;4-,5?,6-;;;;;/m1.1...../s1. The van der Waals surface area contributed by atoms with E-state index in [0.29, 0.717) is 6.42 Å². The van der Waals surface area contributed by atoms with Crippen molar-refractivity contribution in [1.82, 2.24) is 38.6 Å². The Kier molecular flexibility index (Phi) is 19.4. The predicted molar refractivity (Wildman–Crippen MR) is 196 cm³/mol. The molecule has 2 fully saturated rings. The van der Waals surface area contributed by atoms with Gasteiger partial charge in [-0.2, -0.15) is 9.97 Å². The van der Waals surface area contributed by atoms with E-state index < -0.39 is 60.6 Å². The average molecular weight is 1030 g/mol. The SMILES string of the molecule is C.C.C.C[C@@H]1CC(O)[C@@H](CO)O1.O=c1c2[nH]cnc2nc2n1C(O)C(O)N2.O=c1c2ncn([C@H]3CC(O)[C@@H](CO)O3)c2nc2n1C(O)C(O)N2.P=NP.[U]. The van der Waals surface area contributed by atoms with E-state index >= 15 is 0 Å². The van der Waals surface area contributed by atoms with Crippen LogP contribution < -0.4 is 21.8 Å². The number of aromatic amines is 1. The molecule has 8 rings (SSSR count). The van der Waals surface area contributed by atoms with Gasteiger partial charge in [-0.3, -0.25) is 18.7 Å². The summed E-state index contributed by atoms with van der Waals surface area (Å²) in [5.74, 6) is 0.126. The molecule has 54 heavy (non-hydrogen) atoms. The zero-order chi connectivity index (χ0) is 36.4. The summed E-state index contributed by atoms with van der Waals surface area (Å²) in [5, 5.41) is 79.8. The Morgan fingerprint density at radius 3 is 1.89 bits per heavy atom. The number of nitrogens with one attached hydrogen (secondary N) is 3. The molecule has 0 bridgehead atoms. The van der Waals surface area contributed by atoms with Crippen LogP contribution in [0.2, 0.25) is 0 Å². The third-order valence-electron chi connectivity index (χ3n) is 8.05. The Bertz CT molecular complexity index is 1930. The van der Waals surface area contributed by atoms with Crippen LogP contribution in [0, 0.1) is 31.1 Å². The number of H-pyrrole nitrogens is 1. The van der Waals surface area contributed by atoms with Gasteiger partial charge in [0.1, 0.15) is 18.4 Å². The molecule has 2 saturated heterocycles. The number of fused-ring (bicyclic) bond motifs is 4. The second kappa shape index (κ2) is 21.1.